The van der Waals surface area contributed by atoms with Gasteiger partial charge in [-0.3, -0.25) is 0 Å². The Morgan fingerprint density at radius 1 is 1.03 bits per heavy atom. The zero-order chi connectivity index (χ0) is 24.5. The number of carboxylic acids is 1. The van der Waals surface area contributed by atoms with Gasteiger partial charge in [-0.2, -0.15) is 0 Å². The fourth-order valence-electron chi connectivity index (χ4n) is 4.14. The number of aromatic nitrogens is 1. The molecule has 4 nitrogen and oxygen atoms in total. The molecule has 0 saturated carbocycles. The predicted molar refractivity (Wildman–Crippen MR) is 137 cm³/mol. The molecule has 0 bridgehead atoms. The number of aliphatic carboxylic acids is 1. The topological polar surface area (TPSA) is 59.4 Å². The second-order valence-corrected chi connectivity index (χ2v) is 8.78. The number of hydrogen-bond acceptors (Lipinski definition) is 3. The van der Waals surface area contributed by atoms with Crippen molar-refractivity contribution in [2.24, 2.45) is 0 Å². The van der Waals surface area contributed by atoms with E-state index in [-0.39, 0.29) is 5.02 Å². The van der Waals surface area contributed by atoms with Crippen LogP contribution in [0.1, 0.15) is 46.5 Å². The summed E-state index contributed by atoms with van der Waals surface area (Å²) in [6.45, 7) is 1.54. The number of carbonyl (C=O) groups is 1. The van der Waals surface area contributed by atoms with Crippen LogP contribution in [0.5, 0.6) is 0 Å². The average Bonchev–Trinajstić information content (AvgIpc) is 3.00. The Kier molecular flexibility index (Phi) is 6.20. The normalized spacial score (nSPS) is 15.6. The molecule has 174 valence electrons. The molecule has 0 saturated heterocycles. The van der Waals surface area contributed by atoms with Crippen LogP contribution in [0.3, 0.4) is 0 Å². The summed E-state index contributed by atoms with van der Waals surface area (Å²) < 4.78 is 19.8. The molecule has 4 aromatic rings. The molecule has 0 aliphatic heterocycles. The Morgan fingerprint density at radius 3 is 2.60 bits per heavy atom. The van der Waals surface area contributed by atoms with Gasteiger partial charge in [0.1, 0.15) is 11.9 Å². The van der Waals surface area contributed by atoms with E-state index in [1.54, 1.807) is 6.07 Å². The van der Waals surface area contributed by atoms with Gasteiger partial charge in [0, 0.05) is 5.39 Å². The van der Waals surface area contributed by atoms with E-state index in [9.17, 15) is 14.3 Å². The third-order valence-corrected chi connectivity index (χ3v) is 6.29. The molecular formula is C29H21ClFNO3. The van der Waals surface area contributed by atoms with Crippen LogP contribution >= 0.6 is 11.6 Å². The van der Waals surface area contributed by atoms with Crippen molar-refractivity contribution < 1.29 is 19.0 Å². The number of ether oxygens (including phenoxy) is 1. The summed E-state index contributed by atoms with van der Waals surface area (Å²) in [6.07, 6.45) is 6.32. The molecule has 0 spiro atoms. The molecular weight excluding hydrogens is 465 g/mol. The van der Waals surface area contributed by atoms with Crippen LogP contribution in [0, 0.1) is 5.82 Å². The Bertz CT molecular complexity index is 1510. The molecule has 2 atom stereocenters. The van der Waals surface area contributed by atoms with E-state index in [0.717, 1.165) is 27.8 Å². The van der Waals surface area contributed by atoms with E-state index in [1.165, 1.54) is 19.1 Å². The molecule has 1 aromatic heterocycles. The first kappa shape index (κ1) is 23.0. The maximum absolute atomic E-state index is 13.7. The van der Waals surface area contributed by atoms with Crippen LogP contribution in [0.4, 0.5) is 4.39 Å². The van der Waals surface area contributed by atoms with Gasteiger partial charge in [0.2, 0.25) is 0 Å². The van der Waals surface area contributed by atoms with E-state index in [1.807, 2.05) is 72.8 Å². The number of carboxylic acid groups (broad SMARTS) is 1. The fraction of sp³-hybridized carbons (Fsp3) is 0.103. The highest BCUT2D eigenvalue weighted by Gasteiger charge is 2.26. The molecule has 1 heterocycles. The lowest BCUT2D eigenvalue weighted by Gasteiger charge is -2.23. The fourth-order valence-corrected chi connectivity index (χ4v) is 4.30. The number of hydrogen-bond donors (Lipinski definition) is 1. The summed E-state index contributed by atoms with van der Waals surface area (Å²) in [4.78, 5) is 16.1. The number of fused-ring (bicyclic) bond motifs is 3. The van der Waals surface area contributed by atoms with Crippen LogP contribution in [-0.4, -0.2) is 22.2 Å². The number of pyridine rings is 1. The summed E-state index contributed by atoms with van der Waals surface area (Å²) in [6, 6.07) is 20.3. The first-order chi connectivity index (χ1) is 16.9. The summed E-state index contributed by atoms with van der Waals surface area (Å²) >= 11 is 5.91. The van der Waals surface area contributed by atoms with Crippen molar-refractivity contribution in [3.63, 3.8) is 0 Å². The van der Waals surface area contributed by atoms with Crippen molar-refractivity contribution in [1.82, 2.24) is 4.98 Å². The van der Waals surface area contributed by atoms with Gasteiger partial charge in [-0.15, -0.1) is 0 Å². The molecule has 35 heavy (non-hydrogen) atoms. The van der Waals surface area contributed by atoms with E-state index in [2.05, 4.69) is 4.98 Å². The van der Waals surface area contributed by atoms with Gasteiger partial charge in [0.05, 0.1) is 16.2 Å². The molecule has 2 unspecified atom stereocenters. The van der Waals surface area contributed by atoms with Crippen molar-refractivity contribution in [2.45, 2.75) is 19.1 Å². The lowest BCUT2D eigenvalue weighted by atomic mass is 9.94. The van der Waals surface area contributed by atoms with Crippen molar-refractivity contribution >= 4 is 52.8 Å². The lowest BCUT2D eigenvalue weighted by molar-refractivity contribution is -0.151. The van der Waals surface area contributed by atoms with Crippen LogP contribution in [0.2, 0.25) is 5.02 Å². The zero-order valence-corrected chi connectivity index (χ0v) is 19.5. The van der Waals surface area contributed by atoms with E-state index >= 15 is 0 Å². The number of rotatable bonds is 5. The van der Waals surface area contributed by atoms with Gasteiger partial charge in [-0.25, -0.2) is 14.2 Å². The van der Waals surface area contributed by atoms with Gasteiger partial charge in [0.25, 0.3) is 0 Å². The Morgan fingerprint density at radius 2 is 1.80 bits per heavy atom. The molecule has 0 amide bonds. The zero-order valence-electron chi connectivity index (χ0n) is 18.8. The van der Waals surface area contributed by atoms with Gasteiger partial charge in [-0.05, 0) is 65.1 Å². The maximum Gasteiger partial charge on any atom is 0.332 e. The first-order valence-electron chi connectivity index (χ1n) is 11.1. The number of halogens is 2. The molecule has 1 aliphatic rings. The number of nitrogens with zero attached hydrogens (tertiary/aromatic N) is 1. The van der Waals surface area contributed by atoms with Crippen LogP contribution < -0.4 is 0 Å². The van der Waals surface area contributed by atoms with E-state index in [0.29, 0.717) is 16.6 Å². The second-order valence-electron chi connectivity index (χ2n) is 8.38. The Hall–Kier alpha value is -3.80. The first-order valence-corrected chi connectivity index (χ1v) is 11.5. The molecule has 1 aliphatic carbocycles. The summed E-state index contributed by atoms with van der Waals surface area (Å²) in [5.41, 5.74) is 5.96. The molecule has 1 N–H and O–H groups in total. The predicted octanol–water partition coefficient (Wildman–Crippen LogP) is 7.26. The SMILES string of the molecule is CC(OC1c2ccccc2C=Cc2ccc(/C=C/c3ccc4cc(F)c(Cl)cc4n3)cc21)C(=O)O. The van der Waals surface area contributed by atoms with Crippen LogP contribution in [0.15, 0.2) is 66.7 Å². The van der Waals surface area contributed by atoms with E-state index < -0.39 is 24.0 Å². The van der Waals surface area contributed by atoms with Gasteiger partial charge in [0.15, 0.2) is 6.10 Å². The molecule has 0 fully saturated rings. The smallest absolute Gasteiger partial charge is 0.332 e. The maximum atomic E-state index is 13.7. The average molecular weight is 486 g/mol. The van der Waals surface area contributed by atoms with Crippen molar-refractivity contribution in [1.29, 1.82) is 0 Å². The van der Waals surface area contributed by atoms with Gasteiger partial charge >= 0.3 is 5.97 Å². The van der Waals surface area contributed by atoms with Crippen molar-refractivity contribution in [2.75, 3.05) is 0 Å². The quantitative estimate of drug-likeness (QED) is 0.323. The van der Waals surface area contributed by atoms with Gasteiger partial charge < -0.3 is 9.84 Å². The third kappa shape index (κ3) is 4.74. The Balaban J connectivity index is 1.52. The number of benzene rings is 3. The standard InChI is InChI=1S/C29H21ClFNO3/c1-17(29(33)34)35-28-23-5-3-2-4-19(23)9-10-20-8-6-18(14-24(20)28)7-12-22-13-11-21-15-26(31)25(30)16-27(21)32-22/h2-17,28H,1H3,(H,33,34)/b12-7+. The highest BCUT2D eigenvalue weighted by atomic mass is 35.5. The van der Waals surface area contributed by atoms with Gasteiger partial charge in [-0.1, -0.05) is 72.3 Å². The van der Waals surface area contributed by atoms with Crippen molar-refractivity contribution in [3.05, 3.63) is 111 Å². The molecule has 0 radical (unpaired) electrons. The highest BCUT2D eigenvalue weighted by Crippen LogP contribution is 2.37. The highest BCUT2D eigenvalue weighted by molar-refractivity contribution is 6.31. The minimum Gasteiger partial charge on any atom is -0.479 e. The van der Waals surface area contributed by atoms with E-state index in [4.69, 9.17) is 16.3 Å². The minimum atomic E-state index is -1.01. The molecule has 5 rings (SSSR count). The summed E-state index contributed by atoms with van der Waals surface area (Å²) in [5, 5.41) is 10.2. The van der Waals surface area contributed by atoms with Crippen LogP contribution in [-0.2, 0) is 9.53 Å². The minimum absolute atomic E-state index is 0.0341. The largest absolute Gasteiger partial charge is 0.479 e. The molecule has 3 aromatic carbocycles. The second kappa shape index (κ2) is 9.45. The molecule has 6 heteroatoms. The third-order valence-electron chi connectivity index (χ3n) is 6.00. The monoisotopic (exact) mass is 485 g/mol. The van der Waals surface area contributed by atoms with Crippen molar-refractivity contribution in [3.8, 4) is 0 Å². The summed E-state index contributed by atoms with van der Waals surface area (Å²) in [7, 11) is 0. The van der Waals surface area contributed by atoms with Crippen LogP contribution in [0.25, 0.3) is 35.2 Å². The summed E-state index contributed by atoms with van der Waals surface area (Å²) in [5.74, 6) is -1.49. The lowest BCUT2D eigenvalue weighted by Crippen LogP contribution is -2.23. The Labute approximate surface area is 207 Å².